The lowest BCUT2D eigenvalue weighted by molar-refractivity contribution is -0.121. The molecule has 2 aromatic carbocycles. The van der Waals surface area contributed by atoms with Crippen LogP contribution in [0.2, 0.25) is 0 Å². The van der Waals surface area contributed by atoms with E-state index in [9.17, 15) is 9.59 Å². The molecule has 156 valence electrons. The molecule has 9 heteroatoms. The number of hydrogen-bond donors (Lipinski definition) is 1. The van der Waals surface area contributed by atoms with Gasteiger partial charge in [-0.3, -0.25) is 19.5 Å². The highest BCUT2D eigenvalue weighted by Gasteiger charge is 2.30. The molecule has 2 aromatic rings. The number of carbonyl (C=O) groups is 2. The second kappa shape index (κ2) is 9.82. The van der Waals surface area contributed by atoms with E-state index in [0.29, 0.717) is 31.7 Å². The highest BCUT2D eigenvalue weighted by Crippen LogP contribution is 2.37. The van der Waals surface area contributed by atoms with Gasteiger partial charge in [-0.1, -0.05) is 34.1 Å². The Morgan fingerprint density at radius 2 is 2.00 bits per heavy atom. The van der Waals surface area contributed by atoms with Gasteiger partial charge in [0.15, 0.2) is 23.3 Å². The van der Waals surface area contributed by atoms with E-state index in [2.05, 4.69) is 26.2 Å². The topological polar surface area (TPSA) is 80.2 Å². The van der Waals surface area contributed by atoms with Gasteiger partial charge in [0.2, 0.25) is 0 Å². The standard InChI is InChI=1S/C21H20BrN3O4S/c1-23-21-25(2)20(27)18(30-21)10-13-9-16(28-3)17(11-15(13)22)29-12-19(26)24-14-7-5-4-6-8-14/h4-11H,12H2,1-3H3,(H,24,26)/b18-10-,23-21?. The lowest BCUT2D eigenvalue weighted by Crippen LogP contribution is -2.23. The lowest BCUT2D eigenvalue weighted by Gasteiger charge is -2.13. The van der Waals surface area contributed by atoms with Gasteiger partial charge in [0, 0.05) is 24.3 Å². The SMILES string of the molecule is CN=C1S/C(=C\c2cc(OC)c(OCC(=O)Nc3ccccc3)cc2Br)C(=O)N1C. The van der Waals surface area contributed by atoms with Crippen LogP contribution in [0.1, 0.15) is 5.56 Å². The molecule has 0 aromatic heterocycles. The van der Waals surface area contributed by atoms with Crippen molar-refractivity contribution in [3.63, 3.8) is 0 Å². The van der Waals surface area contributed by atoms with Gasteiger partial charge in [-0.05, 0) is 47.7 Å². The molecule has 30 heavy (non-hydrogen) atoms. The summed E-state index contributed by atoms with van der Waals surface area (Å²) in [7, 11) is 4.85. The van der Waals surface area contributed by atoms with Gasteiger partial charge in [0.05, 0.1) is 12.0 Å². The molecule has 1 fully saturated rings. The Kier molecular flexibility index (Phi) is 7.17. The Hall–Kier alpha value is -2.78. The number of amides is 2. The van der Waals surface area contributed by atoms with Crippen LogP contribution in [0.3, 0.4) is 0 Å². The average molecular weight is 490 g/mol. The average Bonchev–Trinajstić information content (AvgIpc) is 3.02. The number of aliphatic imine (C=N–C) groups is 1. The lowest BCUT2D eigenvalue weighted by atomic mass is 10.2. The number of rotatable bonds is 6. The van der Waals surface area contributed by atoms with Crippen LogP contribution in [0.15, 0.2) is 56.8 Å². The van der Waals surface area contributed by atoms with Gasteiger partial charge in [-0.25, -0.2) is 0 Å². The molecule has 1 aliphatic heterocycles. The van der Waals surface area contributed by atoms with Crippen LogP contribution in [0.25, 0.3) is 6.08 Å². The number of methoxy groups -OCH3 is 1. The summed E-state index contributed by atoms with van der Waals surface area (Å²) in [5, 5.41) is 3.40. The summed E-state index contributed by atoms with van der Waals surface area (Å²) < 4.78 is 11.8. The third kappa shape index (κ3) is 5.03. The molecule has 0 aliphatic carbocycles. The quantitative estimate of drug-likeness (QED) is 0.620. The molecule has 2 amide bonds. The first-order valence-electron chi connectivity index (χ1n) is 8.92. The van der Waals surface area contributed by atoms with Gasteiger partial charge >= 0.3 is 0 Å². The molecule has 3 rings (SSSR count). The zero-order valence-corrected chi connectivity index (χ0v) is 19.0. The first-order valence-corrected chi connectivity index (χ1v) is 10.5. The third-order valence-corrected chi connectivity index (χ3v) is 6.02. The zero-order chi connectivity index (χ0) is 21.7. The molecule has 1 N–H and O–H groups in total. The van der Waals surface area contributed by atoms with Crippen molar-refractivity contribution < 1.29 is 19.1 Å². The molecular formula is C21H20BrN3O4S. The van der Waals surface area contributed by atoms with Crippen LogP contribution in [-0.2, 0) is 9.59 Å². The highest BCUT2D eigenvalue weighted by atomic mass is 79.9. The van der Waals surface area contributed by atoms with Crippen molar-refractivity contribution in [1.29, 1.82) is 0 Å². The maximum Gasteiger partial charge on any atom is 0.266 e. The normalized spacial score (nSPS) is 16.3. The Labute approximate surface area is 187 Å². The smallest absolute Gasteiger partial charge is 0.266 e. The van der Waals surface area contributed by atoms with Crippen LogP contribution in [-0.4, -0.2) is 49.7 Å². The summed E-state index contributed by atoms with van der Waals surface area (Å²) in [6.07, 6.45) is 1.76. The van der Waals surface area contributed by atoms with E-state index in [0.717, 1.165) is 5.56 Å². The molecule has 7 nitrogen and oxygen atoms in total. The van der Waals surface area contributed by atoms with E-state index in [1.807, 2.05) is 18.2 Å². The van der Waals surface area contributed by atoms with Crippen LogP contribution in [0.4, 0.5) is 5.69 Å². The van der Waals surface area contributed by atoms with Crippen molar-refractivity contribution in [1.82, 2.24) is 4.90 Å². The number of thioether (sulfide) groups is 1. The number of nitrogens with zero attached hydrogens (tertiary/aromatic N) is 2. The van der Waals surface area contributed by atoms with E-state index >= 15 is 0 Å². The number of hydrogen-bond acceptors (Lipinski definition) is 6. The molecule has 0 bridgehead atoms. The number of ether oxygens (including phenoxy) is 2. The minimum Gasteiger partial charge on any atom is -0.493 e. The second-order valence-electron chi connectivity index (χ2n) is 6.21. The molecule has 1 heterocycles. The van der Waals surface area contributed by atoms with E-state index in [4.69, 9.17) is 9.47 Å². The molecule has 1 saturated heterocycles. The maximum atomic E-state index is 12.4. The van der Waals surface area contributed by atoms with E-state index in [-0.39, 0.29) is 18.4 Å². The van der Waals surface area contributed by atoms with Crippen molar-refractivity contribution in [2.75, 3.05) is 33.1 Å². The maximum absolute atomic E-state index is 12.4. The predicted octanol–water partition coefficient (Wildman–Crippen LogP) is 4.01. The zero-order valence-electron chi connectivity index (χ0n) is 16.6. The summed E-state index contributed by atoms with van der Waals surface area (Å²) in [6.45, 7) is -0.173. The largest absolute Gasteiger partial charge is 0.493 e. The number of halogens is 1. The third-order valence-electron chi connectivity index (χ3n) is 4.18. The first-order chi connectivity index (χ1) is 14.4. The molecule has 1 aliphatic rings. The van der Waals surface area contributed by atoms with Crippen molar-refractivity contribution in [2.45, 2.75) is 0 Å². The van der Waals surface area contributed by atoms with Crippen LogP contribution >= 0.6 is 27.7 Å². The molecule has 0 atom stereocenters. The Balaban J connectivity index is 1.75. The van der Waals surface area contributed by atoms with E-state index in [1.54, 1.807) is 44.4 Å². The van der Waals surface area contributed by atoms with E-state index < -0.39 is 0 Å². The molecule has 0 saturated carbocycles. The number of benzene rings is 2. The summed E-state index contributed by atoms with van der Waals surface area (Å²) in [5.41, 5.74) is 1.44. The molecular weight excluding hydrogens is 470 g/mol. The first kappa shape index (κ1) is 21.9. The van der Waals surface area contributed by atoms with Crippen LogP contribution in [0.5, 0.6) is 11.5 Å². The van der Waals surface area contributed by atoms with Gasteiger partial charge in [0.25, 0.3) is 11.8 Å². The van der Waals surface area contributed by atoms with Crippen molar-refractivity contribution in [2.24, 2.45) is 4.99 Å². The Bertz CT molecular complexity index is 1020. The monoisotopic (exact) mass is 489 g/mol. The minimum atomic E-state index is -0.284. The number of para-hydroxylation sites is 1. The fraction of sp³-hybridized carbons (Fsp3) is 0.190. The van der Waals surface area contributed by atoms with Gasteiger partial charge in [-0.2, -0.15) is 0 Å². The summed E-state index contributed by atoms with van der Waals surface area (Å²) in [5.74, 6) is 0.455. The number of likely N-dealkylation sites (N-methyl/N-ethyl adjacent to an activating group) is 1. The summed E-state index contributed by atoms with van der Waals surface area (Å²) in [4.78, 5) is 30.7. The number of nitrogens with one attached hydrogen (secondary N) is 1. The highest BCUT2D eigenvalue weighted by molar-refractivity contribution is 9.10. The molecule has 0 radical (unpaired) electrons. The summed E-state index contributed by atoms with van der Waals surface area (Å²) in [6, 6.07) is 12.6. The van der Waals surface area contributed by atoms with Gasteiger partial charge in [-0.15, -0.1) is 0 Å². The summed E-state index contributed by atoms with van der Waals surface area (Å²) >= 11 is 4.81. The van der Waals surface area contributed by atoms with Crippen molar-refractivity contribution in [3.05, 3.63) is 57.4 Å². The fourth-order valence-electron chi connectivity index (χ4n) is 2.69. The molecule has 0 spiro atoms. The van der Waals surface area contributed by atoms with Crippen LogP contribution < -0.4 is 14.8 Å². The van der Waals surface area contributed by atoms with E-state index in [1.165, 1.54) is 23.8 Å². The fourth-order valence-corrected chi connectivity index (χ4v) is 4.04. The van der Waals surface area contributed by atoms with Gasteiger partial charge in [0.1, 0.15) is 0 Å². The van der Waals surface area contributed by atoms with Crippen LogP contribution in [0, 0.1) is 0 Å². The minimum absolute atomic E-state index is 0.121. The number of anilines is 1. The second-order valence-corrected chi connectivity index (χ2v) is 8.07. The Morgan fingerprint density at radius 1 is 1.27 bits per heavy atom. The Morgan fingerprint density at radius 3 is 2.63 bits per heavy atom. The molecule has 0 unspecified atom stereocenters. The van der Waals surface area contributed by atoms with Crippen molar-refractivity contribution >= 4 is 56.4 Å². The number of amidine groups is 1. The predicted molar refractivity (Wildman–Crippen MR) is 123 cm³/mol. The van der Waals surface area contributed by atoms with Crippen molar-refractivity contribution in [3.8, 4) is 11.5 Å². The van der Waals surface area contributed by atoms with Gasteiger partial charge < -0.3 is 14.8 Å². The number of carbonyl (C=O) groups excluding carboxylic acids is 2.